The van der Waals surface area contributed by atoms with Gasteiger partial charge in [0.25, 0.3) is 0 Å². The quantitative estimate of drug-likeness (QED) is 0.506. The summed E-state index contributed by atoms with van der Waals surface area (Å²) in [5, 5.41) is 11.3. The average Bonchev–Trinajstić information content (AvgIpc) is 3.10. The third kappa shape index (κ3) is 6.63. The Morgan fingerprint density at radius 2 is 2.00 bits per heavy atom. The number of guanidine groups is 1. The number of hydrogen-bond acceptors (Lipinski definition) is 3. The number of nitrogens with zero attached hydrogens (tertiary/aromatic N) is 4. The number of nitrogens with one attached hydrogen (secondary N) is 2. The molecule has 2 aromatic rings. The first-order chi connectivity index (χ1) is 13.6. The minimum Gasteiger partial charge on any atom is -0.357 e. The molecule has 1 fully saturated rings. The first kappa shape index (κ1) is 20.9. The first-order valence-electron chi connectivity index (χ1n) is 10.1. The van der Waals surface area contributed by atoms with E-state index >= 15 is 0 Å². The molecule has 1 aliphatic heterocycles. The van der Waals surface area contributed by atoms with Gasteiger partial charge in [0.15, 0.2) is 5.96 Å². The maximum atomic E-state index is 4.72. The van der Waals surface area contributed by atoms with Crippen LogP contribution in [0, 0.1) is 6.92 Å². The molecule has 0 saturated carbocycles. The van der Waals surface area contributed by atoms with Gasteiger partial charge in [-0.3, -0.25) is 14.6 Å². The van der Waals surface area contributed by atoms with Crippen molar-refractivity contribution in [2.75, 3.05) is 26.2 Å². The van der Waals surface area contributed by atoms with Crippen LogP contribution >= 0.6 is 15.9 Å². The monoisotopic (exact) mass is 446 g/mol. The van der Waals surface area contributed by atoms with Crippen molar-refractivity contribution in [3.8, 4) is 0 Å². The first-order valence-corrected chi connectivity index (χ1v) is 10.9. The second kappa shape index (κ2) is 10.6. The highest BCUT2D eigenvalue weighted by atomic mass is 79.9. The van der Waals surface area contributed by atoms with E-state index in [4.69, 9.17) is 4.99 Å². The topological polar surface area (TPSA) is 57.5 Å². The summed E-state index contributed by atoms with van der Waals surface area (Å²) in [5.41, 5.74) is 2.56. The highest BCUT2D eigenvalue weighted by molar-refractivity contribution is 9.10. The van der Waals surface area contributed by atoms with Gasteiger partial charge in [0.05, 0.1) is 19.3 Å². The SMILES string of the molecule is CCNC(=NCCn1cc(C)cn1)NC1CCN(Cc2ccc(Br)cc2)CC1. The fraction of sp³-hybridized carbons (Fsp3) is 0.524. The summed E-state index contributed by atoms with van der Waals surface area (Å²) in [7, 11) is 0. The van der Waals surface area contributed by atoms with E-state index in [1.165, 1.54) is 11.1 Å². The summed E-state index contributed by atoms with van der Waals surface area (Å²) in [6, 6.07) is 9.11. The molecule has 0 radical (unpaired) electrons. The second-order valence-electron chi connectivity index (χ2n) is 7.36. The van der Waals surface area contributed by atoms with Crippen LogP contribution in [0.15, 0.2) is 46.1 Å². The molecule has 2 N–H and O–H groups in total. The Morgan fingerprint density at radius 1 is 1.25 bits per heavy atom. The molecule has 28 heavy (non-hydrogen) atoms. The Balaban J connectivity index is 1.44. The predicted molar refractivity (Wildman–Crippen MR) is 119 cm³/mol. The number of benzene rings is 1. The normalized spacial score (nSPS) is 16.3. The number of likely N-dealkylation sites (tertiary alicyclic amines) is 1. The van der Waals surface area contributed by atoms with Crippen molar-refractivity contribution < 1.29 is 0 Å². The Bertz CT molecular complexity index is 747. The molecule has 1 saturated heterocycles. The Morgan fingerprint density at radius 3 is 2.64 bits per heavy atom. The molecule has 1 aliphatic rings. The Labute approximate surface area is 176 Å². The molecule has 0 spiro atoms. The number of piperidine rings is 1. The zero-order valence-corrected chi connectivity index (χ0v) is 18.5. The van der Waals surface area contributed by atoms with E-state index in [1.807, 2.05) is 10.9 Å². The molecule has 1 aromatic carbocycles. The zero-order valence-electron chi connectivity index (χ0n) is 16.9. The van der Waals surface area contributed by atoms with E-state index in [1.54, 1.807) is 0 Å². The highest BCUT2D eigenvalue weighted by Gasteiger charge is 2.20. The van der Waals surface area contributed by atoms with Gasteiger partial charge >= 0.3 is 0 Å². The number of aromatic nitrogens is 2. The van der Waals surface area contributed by atoms with E-state index in [-0.39, 0.29) is 0 Å². The van der Waals surface area contributed by atoms with Crippen LogP contribution in [0.25, 0.3) is 0 Å². The molecule has 7 heteroatoms. The largest absolute Gasteiger partial charge is 0.357 e. The van der Waals surface area contributed by atoms with Gasteiger partial charge in [-0.1, -0.05) is 28.1 Å². The molecule has 6 nitrogen and oxygen atoms in total. The smallest absolute Gasteiger partial charge is 0.191 e. The zero-order chi connectivity index (χ0) is 19.8. The van der Waals surface area contributed by atoms with Crippen molar-refractivity contribution in [1.29, 1.82) is 0 Å². The maximum absolute atomic E-state index is 4.72. The van der Waals surface area contributed by atoms with Crippen molar-refractivity contribution in [3.05, 3.63) is 52.3 Å². The third-order valence-corrected chi connectivity index (χ3v) is 5.48. The van der Waals surface area contributed by atoms with Crippen LogP contribution in [-0.2, 0) is 13.1 Å². The van der Waals surface area contributed by atoms with Crippen molar-refractivity contribution in [3.63, 3.8) is 0 Å². The molecule has 1 aromatic heterocycles. The van der Waals surface area contributed by atoms with Crippen molar-refractivity contribution in [2.24, 2.45) is 4.99 Å². The summed E-state index contributed by atoms with van der Waals surface area (Å²) < 4.78 is 3.08. The van der Waals surface area contributed by atoms with Gasteiger partial charge in [-0.05, 0) is 49.9 Å². The molecule has 0 unspecified atom stereocenters. The van der Waals surface area contributed by atoms with Crippen LogP contribution < -0.4 is 10.6 Å². The second-order valence-corrected chi connectivity index (χ2v) is 8.28. The van der Waals surface area contributed by atoms with E-state index < -0.39 is 0 Å². The van der Waals surface area contributed by atoms with Crippen LogP contribution in [-0.4, -0.2) is 52.9 Å². The lowest BCUT2D eigenvalue weighted by Crippen LogP contribution is -2.48. The van der Waals surface area contributed by atoms with E-state index in [0.29, 0.717) is 6.04 Å². The van der Waals surface area contributed by atoms with Crippen LogP contribution in [0.5, 0.6) is 0 Å². The molecule has 0 aliphatic carbocycles. The average molecular weight is 447 g/mol. The summed E-state index contributed by atoms with van der Waals surface area (Å²) in [6.07, 6.45) is 6.21. The summed E-state index contributed by atoms with van der Waals surface area (Å²) >= 11 is 3.50. The number of rotatable bonds is 7. The summed E-state index contributed by atoms with van der Waals surface area (Å²) in [6.45, 7) is 9.80. The van der Waals surface area contributed by atoms with E-state index in [2.05, 4.69) is 80.9 Å². The maximum Gasteiger partial charge on any atom is 0.191 e. The highest BCUT2D eigenvalue weighted by Crippen LogP contribution is 2.16. The predicted octanol–water partition coefficient (Wildman–Crippen LogP) is 3.17. The van der Waals surface area contributed by atoms with E-state index in [9.17, 15) is 0 Å². The van der Waals surface area contributed by atoms with Gasteiger partial charge in [0, 0.05) is 42.9 Å². The molecular weight excluding hydrogens is 416 g/mol. The molecule has 2 heterocycles. The van der Waals surface area contributed by atoms with Gasteiger partial charge < -0.3 is 10.6 Å². The minimum atomic E-state index is 0.478. The van der Waals surface area contributed by atoms with Gasteiger partial charge in [-0.25, -0.2) is 0 Å². The molecular formula is C21H31BrN6. The summed E-state index contributed by atoms with van der Waals surface area (Å²) in [5.74, 6) is 0.915. The van der Waals surface area contributed by atoms with Gasteiger partial charge in [-0.2, -0.15) is 5.10 Å². The number of halogens is 1. The Hall–Kier alpha value is -1.86. The van der Waals surface area contributed by atoms with Crippen molar-refractivity contribution >= 4 is 21.9 Å². The molecule has 0 bridgehead atoms. The van der Waals surface area contributed by atoms with Gasteiger partial charge in [-0.15, -0.1) is 0 Å². The number of aryl methyl sites for hydroxylation is 1. The lowest BCUT2D eigenvalue weighted by molar-refractivity contribution is 0.198. The standard InChI is InChI=1S/C21H31BrN6/c1-3-23-21(24-10-13-28-15-17(2)14-25-28)26-20-8-11-27(12-9-20)16-18-4-6-19(22)7-5-18/h4-7,14-15,20H,3,8-13,16H2,1-2H3,(H2,23,24,26). The van der Waals surface area contributed by atoms with Gasteiger partial charge in [0.2, 0.25) is 0 Å². The molecule has 0 atom stereocenters. The van der Waals surface area contributed by atoms with Gasteiger partial charge in [0.1, 0.15) is 0 Å². The lowest BCUT2D eigenvalue weighted by atomic mass is 10.0. The summed E-state index contributed by atoms with van der Waals surface area (Å²) in [4.78, 5) is 7.26. The molecule has 3 rings (SSSR count). The molecule has 152 valence electrons. The van der Waals surface area contributed by atoms with Crippen LogP contribution in [0.2, 0.25) is 0 Å². The fourth-order valence-corrected chi connectivity index (χ4v) is 3.71. The van der Waals surface area contributed by atoms with Crippen LogP contribution in [0.3, 0.4) is 0 Å². The van der Waals surface area contributed by atoms with Crippen LogP contribution in [0.1, 0.15) is 30.9 Å². The van der Waals surface area contributed by atoms with E-state index in [0.717, 1.165) is 62.5 Å². The number of hydrogen-bond donors (Lipinski definition) is 2. The van der Waals surface area contributed by atoms with Crippen LogP contribution in [0.4, 0.5) is 0 Å². The van der Waals surface area contributed by atoms with Crippen molar-refractivity contribution in [2.45, 2.75) is 45.8 Å². The third-order valence-electron chi connectivity index (χ3n) is 4.95. The minimum absolute atomic E-state index is 0.478. The molecule has 0 amide bonds. The Kier molecular flexibility index (Phi) is 7.91. The number of aliphatic imine (C=N–C) groups is 1. The van der Waals surface area contributed by atoms with Crippen molar-refractivity contribution in [1.82, 2.24) is 25.3 Å². The lowest BCUT2D eigenvalue weighted by Gasteiger charge is -2.33. The fourth-order valence-electron chi connectivity index (χ4n) is 3.45.